The van der Waals surface area contributed by atoms with Gasteiger partial charge in [0, 0.05) is 5.56 Å². The van der Waals surface area contributed by atoms with E-state index in [4.69, 9.17) is 16.6 Å². The summed E-state index contributed by atoms with van der Waals surface area (Å²) in [5, 5.41) is 7.26. The lowest BCUT2D eigenvalue weighted by molar-refractivity contribution is 0.521. The summed E-state index contributed by atoms with van der Waals surface area (Å²) in [4.78, 5) is 0.236. The zero-order chi connectivity index (χ0) is 15.5. The van der Waals surface area contributed by atoms with E-state index in [-0.39, 0.29) is 17.3 Å². The molecule has 0 amide bonds. The summed E-state index contributed by atoms with van der Waals surface area (Å²) < 4.78 is 20.5. The van der Waals surface area contributed by atoms with Crippen molar-refractivity contribution in [2.45, 2.75) is 13.6 Å². The lowest BCUT2D eigenvalue weighted by Gasteiger charge is -2.06. The number of aromatic nitrogens is 2. The van der Waals surface area contributed by atoms with Gasteiger partial charge in [-0.15, -0.1) is 5.10 Å². The molecule has 3 rings (SSSR count). The maximum Gasteiger partial charge on any atom is 0.289 e. The number of anilines is 1. The fraction of sp³-hybridized carbons (Fsp3) is 0.125. The molecular weight excluding hydrogens is 301 g/mol. The number of hydrogen-bond acceptors (Lipinski definition) is 4. The second-order valence-electron chi connectivity index (χ2n) is 4.85. The van der Waals surface area contributed by atoms with Gasteiger partial charge >= 0.3 is 0 Å². The predicted molar refractivity (Wildman–Crippen MR) is 85.5 cm³/mol. The second kappa shape index (κ2) is 6.11. The molecule has 0 unspecified atom stereocenters. The van der Waals surface area contributed by atoms with Crippen LogP contribution >= 0.6 is 12.2 Å². The maximum absolute atomic E-state index is 13.6. The first-order valence-corrected chi connectivity index (χ1v) is 7.18. The Morgan fingerprint density at radius 1 is 1.18 bits per heavy atom. The van der Waals surface area contributed by atoms with Crippen molar-refractivity contribution >= 4 is 17.9 Å². The molecule has 1 N–H and O–H groups in total. The molecule has 6 heteroatoms. The number of hydrogen-bond donors (Lipinski definition) is 1. The van der Waals surface area contributed by atoms with Gasteiger partial charge in [0.25, 0.3) is 4.84 Å². The molecule has 0 saturated carbocycles. The predicted octanol–water partition coefficient (Wildman–Crippen LogP) is 4.39. The van der Waals surface area contributed by atoms with Gasteiger partial charge in [-0.3, -0.25) is 0 Å². The standard InChI is InChI=1S/C16H14FN3OS/c1-11-6-8-12(9-7-11)15-19-20(16(22)21-15)10-18-14-5-3-2-4-13(14)17/h2-9,18H,10H2,1H3. The molecule has 4 nitrogen and oxygen atoms in total. The van der Waals surface area contributed by atoms with Gasteiger partial charge in [-0.25, -0.2) is 9.07 Å². The van der Waals surface area contributed by atoms with Crippen LogP contribution in [0.2, 0.25) is 0 Å². The van der Waals surface area contributed by atoms with Crippen molar-refractivity contribution in [1.29, 1.82) is 0 Å². The van der Waals surface area contributed by atoms with Crippen molar-refractivity contribution in [3.8, 4) is 11.5 Å². The van der Waals surface area contributed by atoms with E-state index in [9.17, 15) is 4.39 Å². The third-order valence-corrected chi connectivity index (χ3v) is 3.49. The Morgan fingerprint density at radius 3 is 2.64 bits per heavy atom. The number of nitrogens with one attached hydrogen (secondary N) is 1. The Kier molecular flexibility index (Phi) is 4.02. The SMILES string of the molecule is Cc1ccc(-c2nn(CNc3ccccc3F)c(=S)o2)cc1. The molecule has 22 heavy (non-hydrogen) atoms. The highest BCUT2D eigenvalue weighted by atomic mass is 32.1. The van der Waals surface area contributed by atoms with Crippen molar-refractivity contribution in [1.82, 2.24) is 9.78 Å². The molecule has 0 aliphatic heterocycles. The molecule has 0 saturated heterocycles. The van der Waals surface area contributed by atoms with E-state index in [1.165, 1.54) is 10.7 Å². The van der Waals surface area contributed by atoms with Crippen LogP contribution in [0.15, 0.2) is 52.9 Å². The fourth-order valence-electron chi connectivity index (χ4n) is 1.98. The van der Waals surface area contributed by atoms with E-state index in [0.29, 0.717) is 11.6 Å². The molecule has 0 fully saturated rings. The van der Waals surface area contributed by atoms with Gasteiger partial charge in [0.2, 0.25) is 5.89 Å². The molecule has 1 heterocycles. The maximum atomic E-state index is 13.6. The topological polar surface area (TPSA) is 43.0 Å². The molecule has 0 spiro atoms. The van der Waals surface area contributed by atoms with Gasteiger partial charge in [0.1, 0.15) is 12.5 Å². The molecule has 2 aromatic carbocycles. The van der Waals surface area contributed by atoms with Crippen molar-refractivity contribution < 1.29 is 8.81 Å². The van der Waals surface area contributed by atoms with E-state index in [1.54, 1.807) is 18.2 Å². The third-order valence-electron chi connectivity index (χ3n) is 3.20. The first-order valence-electron chi connectivity index (χ1n) is 6.77. The molecule has 0 bridgehead atoms. The van der Waals surface area contributed by atoms with Crippen LogP contribution in [-0.4, -0.2) is 9.78 Å². The highest BCUT2D eigenvalue weighted by molar-refractivity contribution is 7.71. The zero-order valence-corrected chi connectivity index (χ0v) is 12.7. The Bertz CT molecular complexity index is 839. The van der Waals surface area contributed by atoms with Crippen molar-refractivity contribution in [2.24, 2.45) is 0 Å². The third kappa shape index (κ3) is 3.07. The largest absolute Gasteiger partial charge is 0.409 e. The van der Waals surface area contributed by atoms with Crippen LogP contribution < -0.4 is 5.32 Å². The van der Waals surface area contributed by atoms with E-state index in [2.05, 4.69) is 10.4 Å². The first-order chi connectivity index (χ1) is 10.6. The number of benzene rings is 2. The molecule has 0 aliphatic rings. The first kappa shape index (κ1) is 14.5. The number of para-hydroxylation sites is 1. The van der Waals surface area contributed by atoms with Crippen molar-refractivity contribution in [3.63, 3.8) is 0 Å². The average molecular weight is 315 g/mol. The van der Waals surface area contributed by atoms with Gasteiger partial charge in [0.05, 0.1) is 5.69 Å². The fourth-order valence-corrected chi connectivity index (χ4v) is 2.17. The van der Waals surface area contributed by atoms with E-state index < -0.39 is 0 Å². The van der Waals surface area contributed by atoms with Crippen LogP contribution in [0.4, 0.5) is 10.1 Å². The van der Waals surface area contributed by atoms with Crippen molar-refractivity contribution in [2.75, 3.05) is 5.32 Å². The monoisotopic (exact) mass is 315 g/mol. The highest BCUT2D eigenvalue weighted by Gasteiger charge is 2.08. The van der Waals surface area contributed by atoms with Crippen LogP contribution in [0.1, 0.15) is 5.56 Å². The molecule has 3 aromatic rings. The average Bonchev–Trinajstić information content (AvgIpc) is 2.88. The Hall–Kier alpha value is -2.47. The number of aryl methyl sites for hydroxylation is 1. The van der Waals surface area contributed by atoms with Crippen LogP contribution in [0.25, 0.3) is 11.5 Å². The molecule has 112 valence electrons. The normalized spacial score (nSPS) is 10.6. The Morgan fingerprint density at radius 2 is 1.91 bits per heavy atom. The summed E-state index contributed by atoms with van der Waals surface area (Å²) in [6.45, 7) is 2.24. The van der Waals surface area contributed by atoms with Crippen LogP contribution in [0.3, 0.4) is 0 Å². The molecule has 0 aliphatic carbocycles. The highest BCUT2D eigenvalue weighted by Crippen LogP contribution is 2.19. The summed E-state index contributed by atoms with van der Waals surface area (Å²) in [5.74, 6) is 0.122. The molecule has 1 aromatic heterocycles. The minimum absolute atomic E-state index is 0.231. The van der Waals surface area contributed by atoms with E-state index >= 15 is 0 Å². The van der Waals surface area contributed by atoms with Gasteiger partial charge in [-0.2, -0.15) is 0 Å². The number of rotatable bonds is 4. The van der Waals surface area contributed by atoms with E-state index in [1.807, 2.05) is 31.2 Å². The van der Waals surface area contributed by atoms with Crippen LogP contribution in [0, 0.1) is 17.6 Å². The Labute approximate surface area is 132 Å². The summed E-state index contributed by atoms with van der Waals surface area (Å²) in [6, 6.07) is 14.2. The molecule has 0 atom stereocenters. The Balaban J connectivity index is 1.80. The molecule has 0 radical (unpaired) electrons. The van der Waals surface area contributed by atoms with Gasteiger partial charge in [0.15, 0.2) is 0 Å². The minimum Gasteiger partial charge on any atom is -0.409 e. The lowest BCUT2D eigenvalue weighted by Crippen LogP contribution is -2.10. The smallest absolute Gasteiger partial charge is 0.289 e. The van der Waals surface area contributed by atoms with E-state index in [0.717, 1.165) is 11.1 Å². The number of nitrogens with zero attached hydrogens (tertiary/aromatic N) is 2. The second-order valence-corrected chi connectivity index (χ2v) is 5.20. The zero-order valence-electron chi connectivity index (χ0n) is 11.9. The van der Waals surface area contributed by atoms with Crippen LogP contribution in [0.5, 0.6) is 0 Å². The van der Waals surface area contributed by atoms with Gasteiger partial charge < -0.3 is 9.73 Å². The summed E-state index contributed by atoms with van der Waals surface area (Å²) in [7, 11) is 0. The summed E-state index contributed by atoms with van der Waals surface area (Å²) >= 11 is 5.15. The van der Waals surface area contributed by atoms with Gasteiger partial charge in [-0.05, 0) is 43.4 Å². The van der Waals surface area contributed by atoms with Crippen molar-refractivity contribution in [3.05, 3.63) is 64.7 Å². The summed E-state index contributed by atoms with van der Waals surface area (Å²) in [6.07, 6.45) is 0. The summed E-state index contributed by atoms with van der Waals surface area (Å²) in [5.41, 5.74) is 2.40. The quantitative estimate of drug-likeness (QED) is 0.725. The van der Waals surface area contributed by atoms with Gasteiger partial charge in [-0.1, -0.05) is 29.8 Å². The lowest BCUT2D eigenvalue weighted by atomic mass is 10.1. The minimum atomic E-state index is -0.323. The van der Waals surface area contributed by atoms with Crippen LogP contribution in [-0.2, 0) is 6.67 Å². The molecular formula is C16H14FN3OS. The number of halogens is 1.